The van der Waals surface area contributed by atoms with Crippen LogP contribution in [0, 0.1) is 11.3 Å². The predicted octanol–water partition coefficient (Wildman–Crippen LogP) is 2.47. The van der Waals surface area contributed by atoms with E-state index in [-0.39, 0.29) is 0 Å². The van der Waals surface area contributed by atoms with Crippen LogP contribution in [0.25, 0.3) is 0 Å². The van der Waals surface area contributed by atoms with Crippen LogP contribution in [0.2, 0.25) is 0 Å². The van der Waals surface area contributed by atoms with Gasteiger partial charge in [-0.3, -0.25) is 0 Å². The van der Waals surface area contributed by atoms with E-state index in [2.05, 4.69) is 19.9 Å². The topological polar surface area (TPSA) is 26.0 Å². The maximum Gasteiger partial charge on any atom is 0.0231 e. The van der Waals surface area contributed by atoms with Gasteiger partial charge in [-0.2, -0.15) is 0 Å². The summed E-state index contributed by atoms with van der Waals surface area (Å²) in [7, 11) is 0. The van der Waals surface area contributed by atoms with Crippen molar-refractivity contribution in [2.75, 3.05) is 0 Å². The van der Waals surface area contributed by atoms with Crippen LogP contribution >= 0.6 is 0 Å². The van der Waals surface area contributed by atoms with Gasteiger partial charge in [0.05, 0.1) is 0 Å². The first-order valence-electron chi connectivity index (χ1n) is 5.03. The van der Waals surface area contributed by atoms with E-state index in [0.717, 1.165) is 12.3 Å². The zero-order valence-corrected chi connectivity index (χ0v) is 8.14. The third kappa shape index (κ3) is 1.71. The van der Waals surface area contributed by atoms with Crippen LogP contribution in [0.15, 0.2) is 11.6 Å². The lowest BCUT2D eigenvalue weighted by Gasteiger charge is -2.33. The Hall–Kier alpha value is -0.300. The van der Waals surface area contributed by atoms with Crippen molar-refractivity contribution in [1.29, 1.82) is 0 Å². The molecule has 0 radical (unpaired) electrons. The SMILES string of the molecule is CC1(C)CC(C2CC2)=CC(N)C1. The number of nitrogens with two attached hydrogens (primary N) is 1. The summed E-state index contributed by atoms with van der Waals surface area (Å²) in [5, 5.41) is 0. The molecule has 1 unspecified atom stereocenters. The molecule has 0 aromatic heterocycles. The summed E-state index contributed by atoms with van der Waals surface area (Å²) >= 11 is 0. The fourth-order valence-corrected chi connectivity index (χ4v) is 2.39. The minimum Gasteiger partial charge on any atom is -0.324 e. The van der Waals surface area contributed by atoms with Gasteiger partial charge in [-0.15, -0.1) is 0 Å². The molecule has 2 rings (SSSR count). The highest BCUT2D eigenvalue weighted by Gasteiger charge is 2.34. The monoisotopic (exact) mass is 165 g/mol. The lowest BCUT2D eigenvalue weighted by Crippen LogP contribution is -2.31. The molecule has 0 amide bonds. The quantitative estimate of drug-likeness (QED) is 0.593. The molecule has 12 heavy (non-hydrogen) atoms. The molecule has 2 N–H and O–H groups in total. The Morgan fingerprint density at radius 1 is 1.42 bits per heavy atom. The van der Waals surface area contributed by atoms with Crippen LogP contribution in [0.4, 0.5) is 0 Å². The van der Waals surface area contributed by atoms with Crippen LogP contribution < -0.4 is 5.73 Å². The summed E-state index contributed by atoms with van der Waals surface area (Å²) < 4.78 is 0. The highest BCUT2D eigenvalue weighted by molar-refractivity contribution is 5.20. The van der Waals surface area contributed by atoms with E-state index in [0.29, 0.717) is 11.5 Å². The van der Waals surface area contributed by atoms with E-state index >= 15 is 0 Å². The first-order valence-corrected chi connectivity index (χ1v) is 5.03. The average molecular weight is 165 g/mol. The van der Waals surface area contributed by atoms with Crippen molar-refractivity contribution in [1.82, 2.24) is 0 Å². The first-order chi connectivity index (χ1) is 5.57. The molecule has 0 bridgehead atoms. The second-order valence-corrected chi connectivity index (χ2v) is 5.22. The molecular weight excluding hydrogens is 146 g/mol. The molecular formula is C11H19N. The van der Waals surface area contributed by atoms with Crippen molar-refractivity contribution < 1.29 is 0 Å². The highest BCUT2D eigenvalue weighted by Crippen LogP contribution is 2.45. The summed E-state index contributed by atoms with van der Waals surface area (Å²) in [5.74, 6) is 0.913. The van der Waals surface area contributed by atoms with Gasteiger partial charge in [-0.05, 0) is 37.0 Å². The van der Waals surface area contributed by atoms with E-state index in [1.165, 1.54) is 19.3 Å². The summed E-state index contributed by atoms with van der Waals surface area (Å²) in [5.41, 5.74) is 8.09. The summed E-state index contributed by atoms with van der Waals surface area (Å²) in [6, 6.07) is 0.323. The Labute approximate surface area is 75.0 Å². The number of hydrogen-bond donors (Lipinski definition) is 1. The minimum absolute atomic E-state index is 0.323. The van der Waals surface area contributed by atoms with Crippen molar-refractivity contribution in [2.45, 2.75) is 45.6 Å². The molecule has 2 aliphatic rings. The molecule has 1 nitrogen and oxygen atoms in total. The molecule has 68 valence electrons. The van der Waals surface area contributed by atoms with Crippen LogP contribution in [-0.4, -0.2) is 6.04 Å². The zero-order valence-electron chi connectivity index (χ0n) is 8.14. The molecule has 0 aliphatic heterocycles. The second kappa shape index (κ2) is 2.59. The zero-order chi connectivity index (χ0) is 8.77. The summed E-state index contributed by atoms with van der Waals surface area (Å²) in [4.78, 5) is 0. The standard InChI is InChI=1S/C11H19N/c1-11(2)6-9(8-3-4-8)5-10(12)7-11/h5,8,10H,3-4,6-7,12H2,1-2H3. The van der Waals surface area contributed by atoms with Gasteiger partial charge in [0.1, 0.15) is 0 Å². The highest BCUT2D eigenvalue weighted by atomic mass is 14.6. The largest absolute Gasteiger partial charge is 0.324 e. The Balaban J connectivity index is 2.12. The number of rotatable bonds is 1. The molecule has 1 heteroatoms. The second-order valence-electron chi connectivity index (χ2n) is 5.22. The molecule has 0 spiro atoms. The molecule has 0 heterocycles. The molecule has 0 aromatic carbocycles. The fourth-order valence-electron chi connectivity index (χ4n) is 2.39. The third-order valence-corrected chi connectivity index (χ3v) is 3.00. The Kier molecular flexibility index (Phi) is 1.80. The van der Waals surface area contributed by atoms with Crippen molar-refractivity contribution in [3.63, 3.8) is 0 Å². The van der Waals surface area contributed by atoms with Crippen molar-refractivity contribution in [3.8, 4) is 0 Å². The van der Waals surface area contributed by atoms with Gasteiger partial charge in [0, 0.05) is 6.04 Å². The average Bonchev–Trinajstić information content (AvgIpc) is 2.61. The normalized spacial score (nSPS) is 34.6. The van der Waals surface area contributed by atoms with Gasteiger partial charge in [0.15, 0.2) is 0 Å². The van der Waals surface area contributed by atoms with Crippen molar-refractivity contribution in [3.05, 3.63) is 11.6 Å². The van der Waals surface area contributed by atoms with E-state index in [9.17, 15) is 0 Å². The van der Waals surface area contributed by atoms with E-state index in [1.54, 1.807) is 5.57 Å². The number of hydrogen-bond acceptors (Lipinski definition) is 1. The molecule has 1 fully saturated rings. The minimum atomic E-state index is 0.323. The van der Waals surface area contributed by atoms with Gasteiger partial charge >= 0.3 is 0 Å². The van der Waals surface area contributed by atoms with Crippen LogP contribution in [-0.2, 0) is 0 Å². The molecule has 2 aliphatic carbocycles. The van der Waals surface area contributed by atoms with Crippen LogP contribution in [0.5, 0.6) is 0 Å². The van der Waals surface area contributed by atoms with Gasteiger partial charge < -0.3 is 5.73 Å². The molecule has 1 atom stereocenters. The maximum atomic E-state index is 5.99. The Bertz CT molecular complexity index is 211. The Morgan fingerprint density at radius 3 is 2.58 bits per heavy atom. The van der Waals surface area contributed by atoms with Crippen LogP contribution in [0.3, 0.4) is 0 Å². The van der Waals surface area contributed by atoms with Crippen LogP contribution in [0.1, 0.15) is 39.5 Å². The Morgan fingerprint density at radius 2 is 2.08 bits per heavy atom. The van der Waals surface area contributed by atoms with Gasteiger partial charge in [0.25, 0.3) is 0 Å². The van der Waals surface area contributed by atoms with Crippen molar-refractivity contribution >= 4 is 0 Å². The maximum absolute atomic E-state index is 5.99. The van der Waals surface area contributed by atoms with Gasteiger partial charge in [-0.1, -0.05) is 25.5 Å². The lowest BCUT2D eigenvalue weighted by molar-refractivity contribution is 0.296. The van der Waals surface area contributed by atoms with Crippen molar-refractivity contribution in [2.24, 2.45) is 17.1 Å². The fraction of sp³-hybridized carbons (Fsp3) is 0.818. The predicted molar refractivity (Wildman–Crippen MR) is 51.8 cm³/mol. The number of allylic oxidation sites excluding steroid dienone is 1. The summed E-state index contributed by atoms with van der Waals surface area (Å²) in [6.45, 7) is 4.67. The van der Waals surface area contributed by atoms with E-state index < -0.39 is 0 Å². The van der Waals surface area contributed by atoms with E-state index in [1.807, 2.05) is 0 Å². The lowest BCUT2D eigenvalue weighted by atomic mass is 9.74. The molecule has 0 aromatic rings. The van der Waals surface area contributed by atoms with E-state index in [4.69, 9.17) is 5.73 Å². The summed E-state index contributed by atoms with van der Waals surface area (Å²) in [6.07, 6.45) is 7.58. The smallest absolute Gasteiger partial charge is 0.0231 e. The first kappa shape index (κ1) is 8.31. The molecule has 0 saturated heterocycles. The van der Waals surface area contributed by atoms with Gasteiger partial charge in [-0.25, -0.2) is 0 Å². The molecule has 1 saturated carbocycles. The van der Waals surface area contributed by atoms with Gasteiger partial charge in [0.2, 0.25) is 0 Å². The third-order valence-electron chi connectivity index (χ3n) is 3.00.